The van der Waals surface area contributed by atoms with Crippen molar-refractivity contribution in [2.24, 2.45) is 5.92 Å². The fourth-order valence-corrected chi connectivity index (χ4v) is 5.21. The van der Waals surface area contributed by atoms with Crippen molar-refractivity contribution in [3.63, 3.8) is 0 Å². The number of likely N-dealkylation sites (N-methyl/N-ethyl adjacent to an activating group) is 2. The van der Waals surface area contributed by atoms with E-state index in [-0.39, 0.29) is 25.4 Å². The Kier molecular flexibility index (Phi) is 13.5. The second-order valence-corrected chi connectivity index (χ2v) is 13.1. The number of carbonyl (C=O) groups excluding carboxylic acids is 3. The summed E-state index contributed by atoms with van der Waals surface area (Å²) in [5.41, 5.74) is -1.46. The van der Waals surface area contributed by atoms with Crippen LogP contribution in [0, 0.1) is 5.92 Å². The summed E-state index contributed by atoms with van der Waals surface area (Å²) in [6.45, 7) is 8.11. The van der Waals surface area contributed by atoms with Crippen LogP contribution >= 0.6 is 0 Å². The third kappa shape index (κ3) is 11.9. The molecular formula is C35H46F4N2O7. The molecule has 3 rings (SSSR count). The first-order valence-electron chi connectivity index (χ1n) is 15.9. The maximum Gasteiger partial charge on any atom is 0.416 e. The topological polar surface area (TPSA) is 107 Å². The van der Waals surface area contributed by atoms with Gasteiger partial charge in [-0.05, 0) is 63.4 Å². The number of hydrogen-bond acceptors (Lipinski definition) is 8. The van der Waals surface area contributed by atoms with Gasteiger partial charge < -0.3 is 29.2 Å². The van der Waals surface area contributed by atoms with Crippen LogP contribution in [0.15, 0.2) is 54.6 Å². The molecule has 2 unspecified atom stereocenters. The summed E-state index contributed by atoms with van der Waals surface area (Å²) in [5, 5.41) is 2.71. The number of nitrogens with one attached hydrogen (secondary N) is 1. The number of epoxide rings is 1. The molecule has 0 aromatic heterocycles. The fraction of sp³-hybridized carbons (Fsp3) is 0.571. The summed E-state index contributed by atoms with van der Waals surface area (Å²) in [6, 6.07) is 11.7. The minimum Gasteiger partial charge on any atom is -0.459 e. The quantitative estimate of drug-likeness (QED) is 0.130. The molecule has 9 nitrogen and oxygen atoms in total. The van der Waals surface area contributed by atoms with E-state index in [4.69, 9.17) is 18.9 Å². The van der Waals surface area contributed by atoms with Gasteiger partial charge in [-0.2, -0.15) is 13.2 Å². The van der Waals surface area contributed by atoms with E-state index < -0.39 is 71.9 Å². The van der Waals surface area contributed by atoms with E-state index in [1.165, 1.54) is 51.9 Å². The van der Waals surface area contributed by atoms with E-state index in [0.29, 0.717) is 12.0 Å². The van der Waals surface area contributed by atoms with Crippen molar-refractivity contribution in [3.05, 3.63) is 71.3 Å². The summed E-state index contributed by atoms with van der Waals surface area (Å²) in [5.74, 6) is -2.02. The standard InChI is InChI=1S/C35H46F4N2O7/c1-21(2)17-27(29-33(48-29)46-22(3)31(43)45-20-24-11-9-8-10-12-24)41(7)30(42)28(47-32(44)26(40-6)19-34(4,5)36)18-23-13-15-25(16-14-23)35(37,38)39/h8-16,21-22,26-29,33,40H,17-20H2,1-7H3/t22-,26+,27+,28-,29?,33?/m1/s1. The summed E-state index contributed by atoms with van der Waals surface area (Å²) >= 11 is 0. The number of nitrogens with zero attached hydrogens (tertiary/aromatic N) is 1. The Balaban J connectivity index is 1.76. The van der Waals surface area contributed by atoms with Gasteiger partial charge in [0, 0.05) is 19.9 Å². The van der Waals surface area contributed by atoms with Crippen molar-refractivity contribution in [3.8, 4) is 0 Å². The number of ether oxygens (including phenoxy) is 4. The first kappa shape index (κ1) is 38.9. The van der Waals surface area contributed by atoms with Crippen LogP contribution in [-0.4, -0.2) is 79.2 Å². The molecule has 0 radical (unpaired) electrons. The van der Waals surface area contributed by atoms with Crippen LogP contribution in [0.4, 0.5) is 17.6 Å². The molecule has 1 saturated heterocycles. The second-order valence-electron chi connectivity index (χ2n) is 13.1. The first-order chi connectivity index (χ1) is 22.4. The molecule has 2 aromatic rings. The van der Waals surface area contributed by atoms with Crippen LogP contribution in [0.25, 0.3) is 0 Å². The lowest BCUT2D eigenvalue weighted by Crippen LogP contribution is -2.50. The molecule has 6 atom stereocenters. The molecule has 48 heavy (non-hydrogen) atoms. The average Bonchev–Trinajstić information content (AvgIpc) is 3.78. The highest BCUT2D eigenvalue weighted by atomic mass is 19.4. The minimum absolute atomic E-state index is 0.0752. The van der Waals surface area contributed by atoms with E-state index in [1.807, 2.05) is 44.2 Å². The maximum atomic E-state index is 14.4. The number of carbonyl (C=O) groups is 3. The zero-order valence-electron chi connectivity index (χ0n) is 28.4. The lowest BCUT2D eigenvalue weighted by Gasteiger charge is -2.32. The van der Waals surface area contributed by atoms with Crippen molar-refractivity contribution in [2.45, 2.75) is 109 Å². The van der Waals surface area contributed by atoms with Gasteiger partial charge in [-0.1, -0.05) is 56.3 Å². The van der Waals surface area contributed by atoms with E-state index in [0.717, 1.165) is 17.7 Å². The Labute approximate surface area is 279 Å². The van der Waals surface area contributed by atoms with Crippen molar-refractivity contribution in [1.82, 2.24) is 10.2 Å². The number of rotatable bonds is 17. The van der Waals surface area contributed by atoms with Crippen LogP contribution in [0.1, 0.15) is 64.2 Å². The molecule has 266 valence electrons. The Morgan fingerprint density at radius 2 is 1.56 bits per heavy atom. The number of alkyl halides is 4. The van der Waals surface area contributed by atoms with E-state index in [1.54, 1.807) is 0 Å². The zero-order valence-corrected chi connectivity index (χ0v) is 28.4. The molecule has 1 amide bonds. The predicted octanol–water partition coefficient (Wildman–Crippen LogP) is 5.63. The van der Waals surface area contributed by atoms with Crippen molar-refractivity contribution >= 4 is 17.8 Å². The van der Waals surface area contributed by atoms with Crippen LogP contribution in [0.3, 0.4) is 0 Å². The molecular weight excluding hydrogens is 636 g/mol. The molecule has 1 N–H and O–H groups in total. The molecule has 0 aliphatic carbocycles. The molecule has 0 spiro atoms. The van der Waals surface area contributed by atoms with Gasteiger partial charge in [-0.25, -0.2) is 9.18 Å². The Bertz CT molecular complexity index is 1350. The van der Waals surface area contributed by atoms with E-state index in [2.05, 4.69) is 5.32 Å². The molecule has 1 aliphatic heterocycles. The van der Waals surface area contributed by atoms with Crippen LogP contribution < -0.4 is 5.32 Å². The van der Waals surface area contributed by atoms with Gasteiger partial charge in [0.05, 0.1) is 11.6 Å². The van der Waals surface area contributed by atoms with Gasteiger partial charge >= 0.3 is 18.1 Å². The van der Waals surface area contributed by atoms with Gasteiger partial charge in [0.1, 0.15) is 24.4 Å². The zero-order chi connectivity index (χ0) is 35.8. The summed E-state index contributed by atoms with van der Waals surface area (Å²) in [7, 11) is 2.97. The highest BCUT2D eigenvalue weighted by molar-refractivity contribution is 5.85. The number of amides is 1. The van der Waals surface area contributed by atoms with Gasteiger partial charge in [0.25, 0.3) is 5.91 Å². The number of benzene rings is 2. The highest BCUT2D eigenvalue weighted by Gasteiger charge is 2.51. The Hall–Kier alpha value is -3.55. The lowest BCUT2D eigenvalue weighted by molar-refractivity contribution is -0.163. The van der Waals surface area contributed by atoms with E-state index in [9.17, 15) is 31.9 Å². The van der Waals surface area contributed by atoms with Crippen LogP contribution in [-0.2, 0) is 52.5 Å². The number of esters is 2. The summed E-state index contributed by atoms with van der Waals surface area (Å²) in [4.78, 5) is 41.2. The Morgan fingerprint density at radius 1 is 0.938 bits per heavy atom. The molecule has 1 fully saturated rings. The summed E-state index contributed by atoms with van der Waals surface area (Å²) < 4.78 is 76.6. The van der Waals surface area contributed by atoms with Crippen LogP contribution in [0.5, 0.6) is 0 Å². The molecule has 1 heterocycles. The fourth-order valence-electron chi connectivity index (χ4n) is 5.21. The molecule has 1 aliphatic rings. The van der Waals surface area contributed by atoms with Gasteiger partial charge in [0.15, 0.2) is 18.5 Å². The lowest BCUT2D eigenvalue weighted by atomic mass is 9.98. The minimum atomic E-state index is -4.55. The van der Waals surface area contributed by atoms with Gasteiger partial charge in [0.2, 0.25) is 0 Å². The third-order valence-electron chi connectivity index (χ3n) is 7.87. The second kappa shape index (κ2) is 16.7. The molecule has 0 saturated carbocycles. The van der Waals surface area contributed by atoms with Gasteiger partial charge in [-0.3, -0.25) is 9.59 Å². The molecule has 13 heteroatoms. The first-order valence-corrected chi connectivity index (χ1v) is 15.9. The highest BCUT2D eigenvalue weighted by Crippen LogP contribution is 2.34. The smallest absolute Gasteiger partial charge is 0.416 e. The van der Waals surface area contributed by atoms with Crippen molar-refractivity contribution in [2.75, 3.05) is 14.1 Å². The van der Waals surface area contributed by atoms with Crippen LogP contribution in [0.2, 0.25) is 0 Å². The molecule has 0 bridgehead atoms. The maximum absolute atomic E-state index is 14.4. The normalized spacial score (nSPS) is 18.8. The number of hydrogen-bond donors (Lipinski definition) is 1. The predicted molar refractivity (Wildman–Crippen MR) is 169 cm³/mol. The van der Waals surface area contributed by atoms with Gasteiger partial charge in [-0.15, -0.1) is 0 Å². The largest absolute Gasteiger partial charge is 0.459 e. The SMILES string of the molecule is CN[C@@H](CC(C)(C)F)C(=O)O[C@H](Cc1ccc(C(F)(F)F)cc1)C(=O)N(C)[C@@H](CC(C)C)C1OC1O[C@H](C)C(=O)OCc1ccccc1. The van der Waals surface area contributed by atoms with Crippen molar-refractivity contribution in [1.29, 1.82) is 0 Å². The average molecular weight is 683 g/mol. The Morgan fingerprint density at radius 3 is 2.10 bits per heavy atom. The summed E-state index contributed by atoms with van der Waals surface area (Å²) in [6.07, 6.45) is -8.42. The van der Waals surface area contributed by atoms with Crippen molar-refractivity contribution < 1.29 is 50.9 Å². The monoisotopic (exact) mass is 682 g/mol. The third-order valence-corrected chi connectivity index (χ3v) is 7.87. The van der Waals surface area contributed by atoms with E-state index >= 15 is 0 Å². The number of halogens is 4. The molecule has 2 aromatic carbocycles.